The predicted octanol–water partition coefficient (Wildman–Crippen LogP) is 13.2. The van der Waals surface area contributed by atoms with Gasteiger partial charge in [-0.1, -0.05) is 150 Å². The number of phenolic OH excluding ortho intramolecular Hbond substituents is 5. The van der Waals surface area contributed by atoms with E-state index in [1.165, 1.54) is 0 Å². The second-order valence-electron chi connectivity index (χ2n) is 7.94. The molecule has 6 rings (SSSR count). The van der Waals surface area contributed by atoms with Gasteiger partial charge in [-0.15, -0.1) is 0 Å². The Balaban J connectivity index is -0.000000532. The smallest absolute Gasteiger partial charge is 0.158 e. The first-order chi connectivity index (χ1) is 22.9. The summed E-state index contributed by atoms with van der Waals surface area (Å²) in [5.41, 5.74) is 0. The van der Waals surface area contributed by atoms with Crippen molar-refractivity contribution in [2.24, 2.45) is 0 Å². The second-order valence-corrected chi connectivity index (χ2v) is 7.94. The second kappa shape index (κ2) is 29.8. The Morgan fingerprint density at radius 3 is 0.766 bits per heavy atom. The topological polar surface area (TPSA) is 101 Å². The number of hydrogen-bond acceptors (Lipinski definition) is 5. The lowest BCUT2D eigenvalue weighted by Gasteiger charge is -2.00. The van der Waals surface area contributed by atoms with Gasteiger partial charge in [-0.3, -0.25) is 0 Å². The summed E-state index contributed by atoms with van der Waals surface area (Å²) in [6, 6.07) is 34.0. The third-order valence-electron chi connectivity index (χ3n) is 5.38. The number of aromatic hydroxyl groups is 5. The first-order valence-corrected chi connectivity index (χ1v) is 16.9. The molecule has 0 spiro atoms. The van der Waals surface area contributed by atoms with Crippen molar-refractivity contribution >= 4 is 32.3 Å². The van der Waals surface area contributed by atoms with Crippen molar-refractivity contribution < 1.29 is 25.5 Å². The van der Waals surface area contributed by atoms with E-state index in [2.05, 4.69) is 0 Å². The number of hydrogen-bond donors (Lipinski definition) is 5. The van der Waals surface area contributed by atoms with E-state index in [4.69, 9.17) is 25.5 Å². The molecule has 0 aliphatic carbocycles. The zero-order valence-electron chi connectivity index (χ0n) is 30.7. The van der Waals surface area contributed by atoms with Gasteiger partial charge in [0.05, 0.1) is 0 Å². The van der Waals surface area contributed by atoms with Crippen molar-refractivity contribution in [3.8, 4) is 28.7 Å². The summed E-state index contributed by atoms with van der Waals surface area (Å²) in [7, 11) is 0. The van der Waals surface area contributed by atoms with Gasteiger partial charge in [0.2, 0.25) is 0 Å². The maximum atomic E-state index is 9.17. The molecule has 0 aromatic heterocycles. The summed E-state index contributed by atoms with van der Waals surface area (Å²) >= 11 is 0. The molecule has 0 unspecified atom stereocenters. The highest BCUT2D eigenvalue weighted by Crippen LogP contribution is 2.29. The molecule has 5 heteroatoms. The zero-order valence-corrected chi connectivity index (χ0v) is 30.7. The van der Waals surface area contributed by atoms with Crippen molar-refractivity contribution in [2.45, 2.75) is 83.1 Å². The van der Waals surface area contributed by atoms with Gasteiger partial charge in [-0.25, -0.2) is 0 Å². The Bertz CT molecular complexity index is 1530. The number of fused-ring (bicyclic) bond motifs is 3. The summed E-state index contributed by atoms with van der Waals surface area (Å²) < 4.78 is 0. The lowest BCUT2D eigenvalue weighted by molar-refractivity contribution is 0.405. The lowest BCUT2D eigenvalue weighted by Crippen LogP contribution is -1.72. The average molecular weight is 645 g/mol. The Labute approximate surface area is 284 Å². The van der Waals surface area contributed by atoms with Crippen LogP contribution in [0.25, 0.3) is 32.3 Å². The van der Waals surface area contributed by atoms with Crippen molar-refractivity contribution in [1.82, 2.24) is 0 Å². The van der Waals surface area contributed by atoms with Gasteiger partial charge in [0.25, 0.3) is 0 Å². The monoisotopic (exact) mass is 644 g/mol. The quantitative estimate of drug-likeness (QED) is 0.106. The molecule has 6 aromatic carbocycles. The summed E-state index contributed by atoms with van der Waals surface area (Å²) in [6.07, 6.45) is 0. The van der Waals surface area contributed by atoms with Crippen molar-refractivity contribution in [2.75, 3.05) is 0 Å². The van der Waals surface area contributed by atoms with Gasteiger partial charge < -0.3 is 25.5 Å². The zero-order chi connectivity index (χ0) is 36.8. The summed E-state index contributed by atoms with van der Waals surface area (Å²) in [6.45, 7) is 24.0. The van der Waals surface area contributed by atoms with E-state index in [9.17, 15) is 0 Å². The molecule has 5 nitrogen and oxygen atoms in total. The molecule has 0 aliphatic rings. The average Bonchev–Trinajstić information content (AvgIpc) is 3.14. The van der Waals surface area contributed by atoms with E-state index in [0.29, 0.717) is 5.75 Å². The Morgan fingerprint density at radius 1 is 0.255 bits per heavy atom. The Hall–Kier alpha value is -4.90. The van der Waals surface area contributed by atoms with E-state index in [1.54, 1.807) is 60.7 Å². The highest BCUT2D eigenvalue weighted by atomic mass is 16.3. The molecule has 0 radical (unpaired) electrons. The summed E-state index contributed by atoms with van der Waals surface area (Å²) in [5, 5.41) is 51.7. The van der Waals surface area contributed by atoms with Crippen LogP contribution >= 0.6 is 0 Å². The number of rotatable bonds is 0. The molecule has 0 heterocycles. The van der Waals surface area contributed by atoms with Crippen LogP contribution in [0.15, 0.2) is 115 Å². The first-order valence-electron chi connectivity index (χ1n) is 16.9. The van der Waals surface area contributed by atoms with Crippen LogP contribution in [0, 0.1) is 0 Å². The molecule has 47 heavy (non-hydrogen) atoms. The van der Waals surface area contributed by atoms with E-state index < -0.39 is 0 Å². The van der Waals surface area contributed by atoms with Crippen molar-refractivity contribution in [1.29, 1.82) is 0 Å². The molecule has 0 saturated heterocycles. The molecule has 0 aliphatic heterocycles. The summed E-state index contributed by atoms with van der Waals surface area (Å²) in [5.74, 6) is 0.660. The van der Waals surface area contributed by atoms with E-state index in [0.717, 1.165) is 32.3 Å². The molecular formula is C42H60O5. The van der Waals surface area contributed by atoms with Crippen LogP contribution in [0.5, 0.6) is 28.7 Å². The van der Waals surface area contributed by atoms with Crippen molar-refractivity contribution in [3.05, 3.63) is 115 Å². The van der Waals surface area contributed by atoms with Crippen LogP contribution in [0.1, 0.15) is 83.1 Å². The standard InChI is InChI=1S/2C10H8O2.C10H8O.6C2H6/c11-9-3-1-7-5-10(12)4-2-8(7)6-9;11-9-5-7-3-1-2-4-8(7)6-10(9)12;11-10-6-5-8-3-1-2-4-9(8)7-10;6*1-2/h2*1-6,11-12H;1-7,11H;6*1-2H3. The molecule has 0 atom stereocenters. The minimum Gasteiger partial charge on any atom is -0.508 e. The van der Waals surface area contributed by atoms with Crippen LogP contribution < -0.4 is 0 Å². The van der Waals surface area contributed by atoms with Gasteiger partial charge in [-0.2, -0.15) is 0 Å². The molecule has 258 valence electrons. The Morgan fingerprint density at radius 2 is 0.468 bits per heavy atom. The van der Waals surface area contributed by atoms with E-state index in [-0.39, 0.29) is 23.0 Å². The van der Waals surface area contributed by atoms with E-state index >= 15 is 0 Å². The van der Waals surface area contributed by atoms with Gasteiger partial charge in [0, 0.05) is 0 Å². The van der Waals surface area contributed by atoms with Gasteiger partial charge in [0.1, 0.15) is 17.2 Å². The Kier molecular flexibility index (Phi) is 29.5. The SMILES string of the molecule is CC.CC.CC.CC.CC.CC.Oc1cc2ccccc2cc1O.Oc1ccc2cc(O)ccc2c1.Oc1ccc2ccccc2c1. The largest absolute Gasteiger partial charge is 0.508 e. The minimum atomic E-state index is -0.0753. The molecule has 0 bridgehead atoms. The van der Waals surface area contributed by atoms with Gasteiger partial charge in [0.15, 0.2) is 11.5 Å². The number of benzene rings is 6. The van der Waals surface area contributed by atoms with Crippen LogP contribution in [-0.2, 0) is 0 Å². The molecule has 0 saturated carbocycles. The predicted molar refractivity (Wildman–Crippen MR) is 208 cm³/mol. The molecule has 5 N–H and O–H groups in total. The normalized spacial score (nSPS) is 8.43. The fourth-order valence-corrected chi connectivity index (χ4v) is 3.61. The van der Waals surface area contributed by atoms with Crippen molar-refractivity contribution in [3.63, 3.8) is 0 Å². The third-order valence-corrected chi connectivity index (χ3v) is 5.38. The van der Waals surface area contributed by atoms with Crippen LogP contribution in [-0.4, -0.2) is 25.5 Å². The highest BCUT2D eigenvalue weighted by Gasteiger charge is 2.00. The van der Waals surface area contributed by atoms with Crippen LogP contribution in [0.2, 0.25) is 0 Å². The van der Waals surface area contributed by atoms with E-state index in [1.807, 2.05) is 138 Å². The lowest BCUT2D eigenvalue weighted by atomic mass is 10.1. The van der Waals surface area contributed by atoms with Crippen LogP contribution in [0.3, 0.4) is 0 Å². The first kappa shape index (κ1) is 46.5. The van der Waals surface area contributed by atoms with Gasteiger partial charge in [-0.05, 0) is 80.8 Å². The molecule has 6 aromatic rings. The minimum absolute atomic E-state index is 0.0753. The fourth-order valence-electron chi connectivity index (χ4n) is 3.61. The van der Waals surface area contributed by atoms with Crippen LogP contribution in [0.4, 0.5) is 0 Å². The highest BCUT2D eigenvalue weighted by molar-refractivity contribution is 5.86. The summed E-state index contributed by atoms with van der Waals surface area (Å²) in [4.78, 5) is 0. The fraction of sp³-hybridized carbons (Fsp3) is 0.286. The molecule has 0 amide bonds. The van der Waals surface area contributed by atoms with Gasteiger partial charge >= 0.3 is 0 Å². The molecular weight excluding hydrogens is 584 g/mol. The number of phenols is 5. The third kappa shape index (κ3) is 17.4. The maximum Gasteiger partial charge on any atom is 0.158 e. The maximum absolute atomic E-state index is 9.17. The molecule has 0 fully saturated rings.